The van der Waals surface area contributed by atoms with Crippen LogP contribution in [0, 0.1) is 0 Å². The van der Waals surface area contributed by atoms with Crippen molar-refractivity contribution in [2.45, 2.75) is 19.3 Å². The number of rotatable bonds is 7. The number of carbonyl (C=O) groups is 1. The van der Waals surface area contributed by atoms with Crippen molar-refractivity contribution >= 4 is 5.97 Å². The van der Waals surface area contributed by atoms with Crippen molar-refractivity contribution in [3.63, 3.8) is 0 Å². The lowest BCUT2D eigenvalue weighted by Crippen LogP contribution is -2.23. The highest BCUT2D eigenvalue weighted by molar-refractivity contribution is 5.78. The van der Waals surface area contributed by atoms with E-state index in [9.17, 15) is 4.79 Å². The van der Waals surface area contributed by atoms with E-state index in [1.807, 2.05) is 79.3 Å². The zero-order valence-corrected chi connectivity index (χ0v) is 13.5. The lowest BCUT2D eigenvalue weighted by atomic mass is 9.96. The Morgan fingerprint density at radius 1 is 1.18 bits per heavy atom. The van der Waals surface area contributed by atoms with Crippen LogP contribution in [0.5, 0.6) is 0 Å². The van der Waals surface area contributed by atoms with Gasteiger partial charge in [-0.2, -0.15) is 0 Å². The monoisotopic (exact) mass is 300 g/mol. The second-order valence-electron chi connectivity index (χ2n) is 5.61. The first-order chi connectivity index (χ1) is 10.6. The predicted octanol–water partition coefficient (Wildman–Crippen LogP) is 3.08. The van der Waals surface area contributed by atoms with E-state index < -0.39 is 0 Å². The van der Waals surface area contributed by atoms with Gasteiger partial charge in [-0.25, -0.2) is 0 Å². The molecule has 0 aliphatic heterocycles. The molecule has 0 amide bonds. The van der Waals surface area contributed by atoms with Gasteiger partial charge >= 0.3 is 5.97 Å². The normalized spacial score (nSPS) is 12.4. The summed E-state index contributed by atoms with van der Waals surface area (Å²) in [6.45, 7) is 3.19. The molecule has 0 aliphatic carbocycles. The Kier molecular flexibility index (Phi) is 5.78. The fraction of sp³-hybridized carbons (Fsp3) is 0.389. The molecule has 1 aromatic carbocycles. The van der Waals surface area contributed by atoms with Gasteiger partial charge in [0.1, 0.15) is 6.61 Å². The minimum absolute atomic E-state index is 0.141. The predicted molar refractivity (Wildman–Crippen MR) is 88.3 cm³/mol. The number of carbonyl (C=O) groups excluding carboxylic acids is 1. The molecule has 1 aromatic heterocycles. The summed E-state index contributed by atoms with van der Waals surface area (Å²) in [5.41, 5.74) is 2.10. The van der Waals surface area contributed by atoms with E-state index in [1.165, 1.54) is 0 Å². The number of benzene rings is 1. The van der Waals surface area contributed by atoms with E-state index in [0.29, 0.717) is 6.61 Å². The maximum atomic E-state index is 12.2. The summed E-state index contributed by atoms with van der Waals surface area (Å²) in [7, 11) is 3.93. The number of ether oxygens (including phenoxy) is 1. The highest BCUT2D eigenvalue weighted by Crippen LogP contribution is 2.22. The van der Waals surface area contributed by atoms with Gasteiger partial charge in [-0.05, 0) is 50.3 Å². The van der Waals surface area contributed by atoms with Crippen LogP contribution in [-0.4, -0.2) is 42.7 Å². The van der Waals surface area contributed by atoms with E-state index in [1.54, 1.807) is 0 Å². The van der Waals surface area contributed by atoms with Crippen molar-refractivity contribution in [3.8, 4) is 5.69 Å². The molecule has 0 aliphatic rings. The molecule has 0 radical (unpaired) electrons. The molecule has 2 rings (SSSR count). The minimum Gasteiger partial charge on any atom is -0.464 e. The lowest BCUT2D eigenvalue weighted by molar-refractivity contribution is -0.145. The Hall–Kier alpha value is -2.07. The third-order valence-corrected chi connectivity index (χ3v) is 3.67. The molecule has 4 nitrogen and oxygen atoms in total. The molecule has 1 unspecified atom stereocenters. The van der Waals surface area contributed by atoms with Crippen LogP contribution in [0.2, 0.25) is 0 Å². The SMILES string of the molecule is CCC(C(=O)OCCN(C)C)c1ccc(-n2cccc2)cc1. The van der Waals surface area contributed by atoms with Gasteiger partial charge in [0.05, 0.1) is 5.92 Å². The van der Waals surface area contributed by atoms with Gasteiger partial charge in [0.25, 0.3) is 0 Å². The lowest BCUT2D eigenvalue weighted by Gasteiger charge is -2.16. The highest BCUT2D eigenvalue weighted by atomic mass is 16.5. The van der Waals surface area contributed by atoms with E-state index in [4.69, 9.17) is 4.74 Å². The molecular weight excluding hydrogens is 276 g/mol. The first-order valence-corrected chi connectivity index (χ1v) is 7.66. The number of esters is 1. The number of hydrogen-bond donors (Lipinski definition) is 0. The maximum Gasteiger partial charge on any atom is 0.313 e. The molecule has 0 bridgehead atoms. The smallest absolute Gasteiger partial charge is 0.313 e. The Balaban J connectivity index is 2.02. The molecule has 0 saturated carbocycles. The molecule has 2 aromatic rings. The van der Waals surface area contributed by atoms with Gasteiger partial charge in [0.2, 0.25) is 0 Å². The Bertz CT molecular complexity index is 574. The third-order valence-electron chi connectivity index (χ3n) is 3.67. The van der Waals surface area contributed by atoms with E-state index in [-0.39, 0.29) is 11.9 Å². The summed E-state index contributed by atoms with van der Waals surface area (Å²) in [6, 6.07) is 12.1. The molecule has 1 atom stereocenters. The number of nitrogens with zero attached hydrogens (tertiary/aromatic N) is 2. The first kappa shape index (κ1) is 16.3. The van der Waals surface area contributed by atoms with Crippen LogP contribution in [0.1, 0.15) is 24.8 Å². The van der Waals surface area contributed by atoms with Crippen molar-refractivity contribution in [1.29, 1.82) is 0 Å². The van der Waals surface area contributed by atoms with Crippen LogP contribution >= 0.6 is 0 Å². The molecule has 0 spiro atoms. The van der Waals surface area contributed by atoms with Crippen molar-refractivity contribution in [2.24, 2.45) is 0 Å². The van der Waals surface area contributed by atoms with E-state index >= 15 is 0 Å². The highest BCUT2D eigenvalue weighted by Gasteiger charge is 2.20. The second kappa shape index (κ2) is 7.80. The van der Waals surface area contributed by atoms with Gasteiger partial charge in [0, 0.05) is 24.6 Å². The largest absolute Gasteiger partial charge is 0.464 e. The quantitative estimate of drug-likeness (QED) is 0.737. The number of likely N-dealkylation sites (N-methyl/N-ethyl adjacent to an activating group) is 1. The fourth-order valence-electron chi connectivity index (χ4n) is 2.35. The van der Waals surface area contributed by atoms with Crippen molar-refractivity contribution in [1.82, 2.24) is 9.47 Å². The summed E-state index contributed by atoms with van der Waals surface area (Å²) in [4.78, 5) is 14.2. The van der Waals surface area contributed by atoms with Gasteiger partial charge in [0.15, 0.2) is 0 Å². The molecule has 22 heavy (non-hydrogen) atoms. The summed E-state index contributed by atoms with van der Waals surface area (Å²) in [6.07, 6.45) is 4.74. The Morgan fingerprint density at radius 2 is 1.82 bits per heavy atom. The molecule has 0 saturated heterocycles. The average Bonchev–Trinajstić information content (AvgIpc) is 3.02. The minimum atomic E-state index is -0.194. The first-order valence-electron chi connectivity index (χ1n) is 7.66. The van der Waals surface area contributed by atoms with Gasteiger partial charge in [-0.15, -0.1) is 0 Å². The Labute approximate surface area is 132 Å². The zero-order valence-electron chi connectivity index (χ0n) is 13.5. The summed E-state index contributed by atoms with van der Waals surface area (Å²) in [5.74, 6) is -0.334. The van der Waals surface area contributed by atoms with Crippen molar-refractivity contribution in [2.75, 3.05) is 27.2 Å². The van der Waals surface area contributed by atoms with E-state index in [2.05, 4.69) is 0 Å². The summed E-state index contributed by atoms with van der Waals surface area (Å²) in [5, 5.41) is 0. The van der Waals surface area contributed by atoms with Crippen LogP contribution in [-0.2, 0) is 9.53 Å². The van der Waals surface area contributed by atoms with Crippen molar-refractivity contribution < 1.29 is 9.53 Å². The standard InChI is InChI=1S/C18H24N2O2/c1-4-17(18(21)22-14-13-19(2)3)15-7-9-16(10-8-15)20-11-5-6-12-20/h5-12,17H,4,13-14H2,1-3H3. The second-order valence-corrected chi connectivity index (χ2v) is 5.61. The average molecular weight is 300 g/mol. The van der Waals surface area contributed by atoms with Gasteiger partial charge in [-0.3, -0.25) is 4.79 Å². The number of hydrogen-bond acceptors (Lipinski definition) is 3. The molecule has 4 heteroatoms. The molecule has 0 N–H and O–H groups in total. The molecule has 0 fully saturated rings. The molecular formula is C18H24N2O2. The summed E-state index contributed by atoms with van der Waals surface area (Å²) < 4.78 is 7.42. The summed E-state index contributed by atoms with van der Waals surface area (Å²) >= 11 is 0. The fourth-order valence-corrected chi connectivity index (χ4v) is 2.35. The maximum absolute atomic E-state index is 12.2. The van der Waals surface area contributed by atoms with Gasteiger partial charge in [-0.1, -0.05) is 19.1 Å². The van der Waals surface area contributed by atoms with Crippen molar-refractivity contribution in [3.05, 3.63) is 54.4 Å². The van der Waals surface area contributed by atoms with Crippen LogP contribution in [0.15, 0.2) is 48.8 Å². The molecule has 118 valence electrons. The number of aromatic nitrogens is 1. The van der Waals surface area contributed by atoms with Crippen LogP contribution < -0.4 is 0 Å². The van der Waals surface area contributed by atoms with Crippen LogP contribution in [0.4, 0.5) is 0 Å². The van der Waals surface area contributed by atoms with Crippen LogP contribution in [0.3, 0.4) is 0 Å². The molecule has 1 heterocycles. The third kappa shape index (κ3) is 4.21. The van der Waals surface area contributed by atoms with E-state index in [0.717, 1.165) is 24.2 Å². The topological polar surface area (TPSA) is 34.5 Å². The van der Waals surface area contributed by atoms with Crippen LogP contribution in [0.25, 0.3) is 5.69 Å². The zero-order chi connectivity index (χ0) is 15.9. The van der Waals surface area contributed by atoms with Gasteiger partial charge < -0.3 is 14.2 Å². The Morgan fingerprint density at radius 3 is 2.36 bits per heavy atom.